The maximum atomic E-state index is 11.4. The second kappa shape index (κ2) is 5.76. The number of hydrogen-bond acceptors (Lipinski definition) is 5. The molecule has 2 rings (SSSR count). The standard InChI is InChI=1S/C12H13N5O2/c13-10(18)9(6-8-4-2-1-3-5-8)16-11-14-7-15-12(19)17-11/h1-5,7,9H,6H2,(H2,13,18)(H2,14,15,16,17,19). The summed E-state index contributed by atoms with van der Waals surface area (Å²) in [6.07, 6.45) is 1.52. The van der Waals surface area contributed by atoms with Crippen LogP contribution in [0.5, 0.6) is 0 Å². The van der Waals surface area contributed by atoms with Gasteiger partial charge < -0.3 is 11.1 Å². The molecule has 0 saturated carbocycles. The Morgan fingerprint density at radius 3 is 2.68 bits per heavy atom. The van der Waals surface area contributed by atoms with Gasteiger partial charge in [0.1, 0.15) is 12.4 Å². The third-order valence-electron chi connectivity index (χ3n) is 2.52. The van der Waals surface area contributed by atoms with Crippen molar-refractivity contribution in [3.63, 3.8) is 0 Å². The Labute approximate surface area is 108 Å². The van der Waals surface area contributed by atoms with Crippen LogP contribution in [0.25, 0.3) is 0 Å². The summed E-state index contributed by atoms with van der Waals surface area (Å²) in [4.78, 5) is 32.1. The lowest BCUT2D eigenvalue weighted by Crippen LogP contribution is -2.38. The fourth-order valence-electron chi connectivity index (χ4n) is 1.62. The highest BCUT2D eigenvalue weighted by molar-refractivity contribution is 5.82. The van der Waals surface area contributed by atoms with Crippen LogP contribution in [0.2, 0.25) is 0 Å². The number of benzene rings is 1. The summed E-state index contributed by atoms with van der Waals surface area (Å²) in [5.41, 5.74) is 5.75. The normalized spacial score (nSPS) is 11.8. The fraction of sp³-hybridized carbons (Fsp3) is 0.167. The molecule has 0 aliphatic carbocycles. The monoisotopic (exact) mass is 259 g/mol. The number of primary amides is 1. The van der Waals surface area contributed by atoms with Gasteiger partial charge >= 0.3 is 5.69 Å². The fourth-order valence-corrected chi connectivity index (χ4v) is 1.62. The summed E-state index contributed by atoms with van der Waals surface area (Å²) >= 11 is 0. The lowest BCUT2D eigenvalue weighted by Gasteiger charge is -2.15. The topological polar surface area (TPSA) is 114 Å². The van der Waals surface area contributed by atoms with Crippen molar-refractivity contribution < 1.29 is 4.79 Å². The van der Waals surface area contributed by atoms with Crippen molar-refractivity contribution in [2.24, 2.45) is 5.73 Å². The summed E-state index contributed by atoms with van der Waals surface area (Å²) in [5.74, 6) is -0.358. The molecule has 4 N–H and O–H groups in total. The molecule has 2 aromatic rings. The zero-order chi connectivity index (χ0) is 13.7. The van der Waals surface area contributed by atoms with Crippen molar-refractivity contribution >= 4 is 11.9 Å². The van der Waals surface area contributed by atoms with E-state index >= 15 is 0 Å². The van der Waals surface area contributed by atoms with Crippen LogP contribution in [0.1, 0.15) is 5.56 Å². The first-order chi connectivity index (χ1) is 9.15. The number of aromatic nitrogens is 3. The molecule has 0 radical (unpaired) electrons. The van der Waals surface area contributed by atoms with Gasteiger partial charge in [0.25, 0.3) is 0 Å². The number of carbonyl (C=O) groups excluding carboxylic acids is 1. The molecular formula is C12H13N5O2. The van der Waals surface area contributed by atoms with E-state index in [0.717, 1.165) is 11.9 Å². The van der Waals surface area contributed by atoms with E-state index in [0.29, 0.717) is 6.42 Å². The van der Waals surface area contributed by atoms with Gasteiger partial charge in [-0.15, -0.1) is 0 Å². The van der Waals surface area contributed by atoms with Crippen LogP contribution in [0, 0.1) is 0 Å². The van der Waals surface area contributed by atoms with Crippen molar-refractivity contribution in [1.29, 1.82) is 0 Å². The highest BCUT2D eigenvalue weighted by atomic mass is 16.1. The molecule has 0 bridgehead atoms. The molecule has 1 atom stereocenters. The average molecular weight is 259 g/mol. The van der Waals surface area contributed by atoms with E-state index in [-0.39, 0.29) is 5.95 Å². The minimum absolute atomic E-state index is 0.166. The number of aromatic amines is 1. The van der Waals surface area contributed by atoms with Gasteiger partial charge in [-0.1, -0.05) is 30.3 Å². The molecule has 98 valence electrons. The Morgan fingerprint density at radius 2 is 2.05 bits per heavy atom. The molecule has 0 aliphatic rings. The second-order valence-electron chi connectivity index (χ2n) is 3.94. The van der Waals surface area contributed by atoms with Gasteiger partial charge in [-0.3, -0.25) is 9.78 Å². The number of nitrogens with two attached hydrogens (primary N) is 1. The highest BCUT2D eigenvalue weighted by Crippen LogP contribution is 2.06. The van der Waals surface area contributed by atoms with Crippen molar-refractivity contribution in [2.75, 3.05) is 5.32 Å². The SMILES string of the molecule is NC(=O)C(Cc1ccccc1)Nc1ncnc(=O)[nH]1. The van der Waals surface area contributed by atoms with Crippen molar-refractivity contribution in [2.45, 2.75) is 12.5 Å². The molecule has 0 fully saturated rings. The van der Waals surface area contributed by atoms with E-state index in [1.807, 2.05) is 30.3 Å². The van der Waals surface area contributed by atoms with E-state index in [2.05, 4.69) is 20.3 Å². The van der Waals surface area contributed by atoms with Gasteiger partial charge in [0.05, 0.1) is 0 Å². The van der Waals surface area contributed by atoms with Gasteiger partial charge in [-0.05, 0) is 5.56 Å². The third kappa shape index (κ3) is 3.63. The molecule has 1 aromatic heterocycles. The van der Waals surface area contributed by atoms with Crippen LogP contribution < -0.4 is 16.7 Å². The molecule has 1 amide bonds. The number of anilines is 1. The highest BCUT2D eigenvalue weighted by Gasteiger charge is 2.16. The first-order valence-electron chi connectivity index (χ1n) is 5.66. The minimum atomic E-state index is -0.659. The van der Waals surface area contributed by atoms with Crippen LogP contribution in [0.4, 0.5) is 5.95 Å². The summed E-state index contributed by atoms with van der Waals surface area (Å²) in [5, 5.41) is 2.79. The second-order valence-corrected chi connectivity index (χ2v) is 3.94. The molecule has 19 heavy (non-hydrogen) atoms. The van der Waals surface area contributed by atoms with Crippen LogP contribution in [0.15, 0.2) is 41.5 Å². The average Bonchev–Trinajstić information content (AvgIpc) is 2.39. The lowest BCUT2D eigenvalue weighted by atomic mass is 10.1. The number of rotatable bonds is 5. The number of hydrogen-bond donors (Lipinski definition) is 3. The van der Waals surface area contributed by atoms with Crippen molar-refractivity contribution in [1.82, 2.24) is 15.0 Å². The quantitative estimate of drug-likeness (QED) is 0.680. The zero-order valence-electron chi connectivity index (χ0n) is 10.0. The minimum Gasteiger partial charge on any atom is -0.368 e. The van der Waals surface area contributed by atoms with Gasteiger partial charge in [-0.2, -0.15) is 4.98 Å². The zero-order valence-corrected chi connectivity index (χ0v) is 10.0. The number of nitrogens with zero attached hydrogens (tertiary/aromatic N) is 2. The number of amides is 1. The maximum absolute atomic E-state index is 11.4. The Kier molecular flexibility index (Phi) is 3.87. The summed E-state index contributed by atoms with van der Waals surface area (Å²) in [7, 11) is 0. The number of H-pyrrole nitrogens is 1. The first-order valence-corrected chi connectivity index (χ1v) is 5.66. The molecule has 1 heterocycles. The maximum Gasteiger partial charge on any atom is 0.349 e. The van der Waals surface area contributed by atoms with Gasteiger partial charge in [-0.25, -0.2) is 9.78 Å². The molecule has 0 spiro atoms. The Hall–Kier alpha value is -2.70. The summed E-state index contributed by atoms with van der Waals surface area (Å²) < 4.78 is 0. The number of nitrogens with one attached hydrogen (secondary N) is 2. The van der Waals surface area contributed by atoms with Crippen LogP contribution in [0.3, 0.4) is 0 Å². The predicted octanol–water partition coefficient (Wildman–Crippen LogP) is -0.327. The van der Waals surface area contributed by atoms with Gasteiger partial charge in [0.15, 0.2) is 0 Å². The van der Waals surface area contributed by atoms with Crippen LogP contribution in [-0.2, 0) is 11.2 Å². The van der Waals surface area contributed by atoms with Crippen molar-refractivity contribution in [3.8, 4) is 0 Å². The van der Waals surface area contributed by atoms with Gasteiger partial charge in [0.2, 0.25) is 11.9 Å². The number of carbonyl (C=O) groups is 1. The van der Waals surface area contributed by atoms with E-state index < -0.39 is 17.6 Å². The van der Waals surface area contributed by atoms with Crippen LogP contribution in [-0.4, -0.2) is 26.9 Å². The third-order valence-corrected chi connectivity index (χ3v) is 2.52. The Balaban J connectivity index is 2.13. The largest absolute Gasteiger partial charge is 0.368 e. The summed E-state index contributed by atoms with van der Waals surface area (Å²) in [6.45, 7) is 0. The Bertz CT molecular complexity index is 611. The first kappa shape index (κ1) is 12.7. The molecule has 1 aromatic carbocycles. The lowest BCUT2D eigenvalue weighted by molar-refractivity contribution is -0.118. The Morgan fingerprint density at radius 1 is 1.32 bits per heavy atom. The van der Waals surface area contributed by atoms with E-state index in [9.17, 15) is 9.59 Å². The molecule has 7 nitrogen and oxygen atoms in total. The van der Waals surface area contributed by atoms with Crippen LogP contribution >= 0.6 is 0 Å². The predicted molar refractivity (Wildman–Crippen MR) is 69.4 cm³/mol. The molecule has 1 unspecified atom stereocenters. The molecular weight excluding hydrogens is 246 g/mol. The van der Waals surface area contributed by atoms with E-state index in [4.69, 9.17) is 5.73 Å². The molecule has 0 saturated heterocycles. The van der Waals surface area contributed by atoms with E-state index in [1.165, 1.54) is 0 Å². The smallest absolute Gasteiger partial charge is 0.349 e. The van der Waals surface area contributed by atoms with Gasteiger partial charge in [0, 0.05) is 6.42 Å². The molecule has 0 aliphatic heterocycles. The summed E-state index contributed by atoms with van der Waals surface area (Å²) in [6, 6.07) is 8.76. The van der Waals surface area contributed by atoms with Crippen molar-refractivity contribution in [3.05, 3.63) is 52.7 Å². The molecule has 7 heteroatoms. The van der Waals surface area contributed by atoms with E-state index in [1.54, 1.807) is 0 Å².